The van der Waals surface area contributed by atoms with Gasteiger partial charge in [-0.05, 0) is 37.6 Å². The van der Waals surface area contributed by atoms with Gasteiger partial charge in [-0.2, -0.15) is 0 Å². The zero-order chi connectivity index (χ0) is 9.14. The second-order valence-corrected chi connectivity index (χ2v) is 2.67. The van der Waals surface area contributed by atoms with Crippen molar-refractivity contribution in [3.05, 3.63) is 29.8 Å². The minimum atomic E-state index is 0.170. The predicted molar refractivity (Wildman–Crippen MR) is 49.1 cm³/mol. The Morgan fingerprint density at radius 2 is 2.00 bits per heavy atom. The molecule has 0 bridgehead atoms. The highest BCUT2D eigenvalue weighted by Gasteiger charge is 2.02. The molecule has 0 heterocycles. The molecular formula is C10H12O2. The van der Waals surface area contributed by atoms with Crippen LogP contribution in [-0.4, -0.2) is 10.2 Å². The number of phenolic OH excluding ortho intramolecular Hbond substituents is 2. The van der Waals surface area contributed by atoms with E-state index in [-0.39, 0.29) is 11.5 Å². The van der Waals surface area contributed by atoms with Gasteiger partial charge in [-0.3, -0.25) is 0 Å². The Morgan fingerprint density at radius 1 is 1.33 bits per heavy atom. The van der Waals surface area contributed by atoms with Crippen molar-refractivity contribution in [2.45, 2.75) is 13.8 Å². The number of hydrogen-bond donors (Lipinski definition) is 2. The SMILES string of the molecule is C/C=C(\C)c1cc(O)ccc1O. The summed E-state index contributed by atoms with van der Waals surface area (Å²) in [6, 6.07) is 4.49. The number of phenols is 2. The first-order chi connectivity index (χ1) is 5.65. The van der Waals surface area contributed by atoms with Crippen molar-refractivity contribution in [1.82, 2.24) is 0 Å². The van der Waals surface area contributed by atoms with Crippen LogP contribution in [-0.2, 0) is 0 Å². The monoisotopic (exact) mass is 164 g/mol. The molecule has 1 rings (SSSR count). The standard InChI is InChI=1S/C10H12O2/c1-3-7(2)9-6-8(11)4-5-10(9)12/h3-6,11-12H,1-2H3/b7-3+. The van der Waals surface area contributed by atoms with Crippen molar-refractivity contribution >= 4 is 5.57 Å². The second-order valence-electron chi connectivity index (χ2n) is 2.67. The minimum absolute atomic E-state index is 0.170. The quantitative estimate of drug-likeness (QED) is 0.626. The van der Waals surface area contributed by atoms with Crippen molar-refractivity contribution in [2.24, 2.45) is 0 Å². The third-order valence-corrected chi connectivity index (χ3v) is 1.84. The summed E-state index contributed by atoms with van der Waals surface area (Å²) in [7, 11) is 0. The largest absolute Gasteiger partial charge is 0.508 e. The molecule has 0 amide bonds. The van der Waals surface area contributed by atoms with E-state index in [1.807, 2.05) is 19.9 Å². The first-order valence-electron chi connectivity index (χ1n) is 3.80. The number of aromatic hydroxyl groups is 2. The van der Waals surface area contributed by atoms with Gasteiger partial charge in [0.2, 0.25) is 0 Å². The Balaban J connectivity index is 3.23. The Morgan fingerprint density at radius 3 is 2.58 bits per heavy atom. The molecule has 0 spiro atoms. The van der Waals surface area contributed by atoms with E-state index in [2.05, 4.69) is 0 Å². The fourth-order valence-corrected chi connectivity index (χ4v) is 0.995. The number of allylic oxidation sites excluding steroid dienone is 2. The van der Waals surface area contributed by atoms with Crippen LogP contribution in [0.5, 0.6) is 11.5 Å². The first-order valence-corrected chi connectivity index (χ1v) is 3.80. The lowest BCUT2D eigenvalue weighted by molar-refractivity contribution is 0.458. The Hall–Kier alpha value is -1.44. The van der Waals surface area contributed by atoms with Crippen molar-refractivity contribution in [2.75, 3.05) is 0 Å². The van der Waals surface area contributed by atoms with Gasteiger partial charge in [0.25, 0.3) is 0 Å². The zero-order valence-electron chi connectivity index (χ0n) is 7.20. The van der Waals surface area contributed by atoms with Gasteiger partial charge >= 0.3 is 0 Å². The zero-order valence-corrected chi connectivity index (χ0v) is 7.20. The lowest BCUT2D eigenvalue weighted by Crippen LogP contribution is -1.80. The van der Waals surface area contributed by atoms with Crippen LogP contribution in [0, 0.1) is 0 Å². The molecule has 0 saturated heterocycles. The Bertz CT molecular complexity index is 314. The average molecular weight is 164 g/mol. The summed E-state index contributed by atoms with van der Waals surface area (Å²) in [6.07, 6.45) is 1.88. The molecule has 0 aromatic heterocycles. The molecule has 2 heteroatoms. The molecule has 2 nitrogen and oxygen atoms in total. The van der Waals surface area contributed by atoms with Crippen molar-refractivity contribution in [3.63, 3.8) is 0 Å². The summed E-state index contributed by atoms with van der Waals surface area (Å²) in [5.41, 5.74) is 1.63. The molecule has 0 aliphatic heterocycles. The van der Waals surface area contributed by atoms with E-state index in [0.29, 0.717) is 5.56 Å². The van der Waals surface area contributed by atoms with Gasteiger partial charge in [-0.1, -0.05) is 6.08 Å². The fraction of sp³-hybridized carbons (Fsp3) is 0.200. The smallest absolute Gasteiger partial charge is 0.123 e. The molecule has 0 aliphatic rings. The number of benzene rings is 1. The molecular weight excluding hydrogens is 152 g/mol. The first kappa shape index (κ1) is 8.65. The lowest BCUT2D eigenvalue weighted by atomic mass is 10.1. The molecule has 2 N–H and O–H groups in total. The van der Waals surface area contributed by atoms with Gasteiger partial charge < -0.3 is 10.2 Å². The molecule has 0 fully saturated rings. The predicted octanol–water partition coefficient (Wildman–Crippen LogP) is 2.52. The topological polar surface area (TPSA) is 40.5 Å². The molecule has 12 heavy (non-hydrogen) atoms. The van der Waals surface area contributed by atoms with Crippen LogP contribution in [0.2, 0.25) is 0 Å². The number of rotatable bonds is 1. The van der Waals surface area contributed by atoms with Crippen LogP contribution in [0.15, 0.2) is 24.3 Å². The van der Waals surface area contributed by atoms with Crippen LogP contribution in [0.4, 0.5) is 0 Å². The number of hydrogen-bond acceptors (Lipinski definition) is 2. The molecule has 1 aromatic carbocycles. The highest BCUT2D eigenvalue weighted by Crippen LogP contribution is 2.27. The van der Waals surface area contributed by atoms with E-state index in [0.717, 1.165) is 5.57 Å². The van der Waals surface area contributed by atoms with Gasteiger partial charge in [0, 0.05) is 5.56 Å². The third-order valence-electron chi connectivity index (χ3n) is 1.84. The van der Waals surface area contributed by atoms with Crippen LogP contribution >= 0.6 is 0 Å². The summed E-state index contributed by atoms with van der Waals surface area (Å²) in [4.78, 5) is 0. The molecule has 0 unspecified atom stereocenters. The van der Waals surface area contributed by atoms with E-state index in [4.69, 9.17) is 5.11 Å². The Kier molecular flexibility index (Phi) is 2.38. The van der Waals surface area contributed by atoms with Gasteiger partial charge in [-0.25, -0.2) is 0 Å². The normalized spacial score (nSPS) is 11.7. The van der Waals surface area contributed by atoms with Gasteiger partial charge in [0.1, 0.15) is 11.5 Å². The summed E-state index contributed by atoms with van der Waals surface area (Å²) < 4.78 is 0. The molecule has 0 aliphatic carbocycles. The molecule has 1 aromatic rings. The lowest BCUT2D eigenvalue weighted by Gasteiger charge is -2.04. The van der Waals surface area contributed by atoms with Crippen LogP contribution in [0.1, 0.15) is 19.4 Å². The van der Waals surface area contributed by atoms with E-state index in [1.165, 1.54) is 12.1 Å². The van der Waals surface area contributed by atoms with E-state index >= 15 is 0 Å². The molecule has 64 valence electrons. The Labute approximate surface area is 71.8 Å². The maximum atomic E-state index is 9.38. The second kappa shape index (κ2) is 3.30. The fourth-order valence-electron chi connectivity index (χ4n) is 0.995. The van der Waals surface area contributed by atoms with Gasteiger partial charge in [0.05, 0.1) is 0 Å². The van der Waals surface area contributed by atoms with Crippen LogP contribution < -0.4 is 0 Å². The molecule has 0 saturated carbocycles. The van der Waals surface area contributed by atoms with Crippen molar-refractivity contribution < 1.29 is 10.2 Å². The van der Waals surface area contributed by atoms with Crippen LogP contribution in [0.25, 0.3) is 5.57 Å². The summed E-state index contributed by atoms with van der Waals surface area (Å²) in [5.74, 6) is 0.368. The van der Waals surface area contributed by atoms with Gasteiger partial charge in [-0.15, -0.1) is 0 Å². The minimum Gasteiger partial charge on any atom is -0.508 e. The maximum absolute atomic E-state index is 9.38. The summed E-state index contributed by atoms with van der Waals surface area (Å²) in [6.45, 7) is 3.77. The van der Waals surface area contributed by atoms with E-state index in [9.17, 15) is 5.11 Å². The summed E-state index contributed by atoms with van der Waals surface area (Å²) >= 11 is 0. The highest BCUT2D eigenvalue weighted by molar-refractivity contribution is 5.69. The van der Waals surface area contributed by atoms with Crippen LogP contribution in [0.3, 0.4) is 0 Å². The van der Waals surface area contributed by atoms with Crippen molar-refractivity contribution in [3.8, 4) is 11.5 Å². The third kappa shape index (κ3) is 1.59. The highest BCUT2D eigenvalue weighted by atomic mass is 16.3. The average Bonchev–Trinajstić information content (AvgIpc) is 2.08. The van der Waals surface area contributed by atoms with E-state index in [1.54, 1.807) is 6.07 Å². The summed E-state index contributed by atoms with van der Waals surface area (Å²) in [5, 5.41) is 18.5. The van der Waals surface area contributed by atoms with Gasteiger partial charge in [0.15, 0.2) is 0 Å². The molecule has 0 radical (unpaired) electrons. The maximum Gasteiger partial charge on any atom is 0.123 e. The van der Waals surface area contributed by atoms with E-state index < -0.39 is 0 Å². The van der Waals surface area contributed by atoms with Crippen molar-refractivity contribution in [1.29, 1.82) is 0 Å². The molecule has 0 atom stereocenters.